The molecule has 0 spiro atoms. The quantitative estimate of drug-likeness (QED) is 0.863. The van der Waals surface area contributed by atoms with Crippen LogP contribution in [0.4, 0.5) is 8.78 Å². The van der Waals surface area contributed by atoms with Crippen LogP contribution in [0.3, 0.4) is 0 Å². The molecule has 0 saturated carbocycles. The van der Waals surface area contributed by atoms with Gasteiger partial charge in [-0.25, -0.2) is 0 Å². The number of nitrogens with two attached hydrogens (primary N) is 1. The van der Waals surface area contributed by atoms with Gasteiger partial charge in [-0.2, -0.15) is 8.78 Å². The summed E-state index contributed by atoms with van der Waals surface area (Å²) in [6.07, 6.45) is 0. The van der Waals surface area contributed by atoms with E-state index >= 15 is 0 Å². The van der Waals surface area contributed by atoms with Crippen LogP contribution >= 0.6 is 0 Å². The molecule has 1 saturated heterocycles. The average Bonchev–Trinajstić information content (AvgIpc) is 2.85. The first kappa shape index (κ1) is 15.7. The zero-order valence-electron chi connectivity index (χ0n) is 11.6. The van der Waals surface area contributed by atoms with Gasteiger partial charge >= 0.3 is 6.61 Å². The standard InChI is InChI=1S/C14H18F2N2O3/c1-8(18-13(19)10-6-20-7-11(10)17)9-4-2-3-5-12(9)21-14(15)16/h2-5,8,10-11,14H,6-7,17H2,1H3,(H,18,19). The molecule has 0 aliphatic carbocycles. The highest BCUT2D eigenvalue weighted by Crippen LogP contribution is 2.26. The predicted molar refractivity (Wildman–Crippen MR) is 71.9 cm³/mol. The maximum Gasteiger partial charge on any atom is 0.387 e. The lowest BCUT2D eigenvalue weighted by molar-refractivity contribution is -0.125. The number of benzene rings is 1. The molecule has 21 heavy (non-hydrogen) atoms. The Morgan fingerprint density at radius 2 is 2.14 bits per heavy atom. The van der Waals surface area contributed by atoms with E-state index < -0.39 is 18.6 Å². The Kier molecular flexibility index (Phi) is 5.08. The van der Waals surface area contributed by atoms with Gasteiger partial charge in [0.1, 0.15) is 5.75 Å². The molecule has 3 N–H and O–H groups in total. The molecule has 1 aliphatic heterocycles. The zero-order valence-corrected chi connectivity index (χ0v) is 11.6. The molecule has 0 bridgehead atoms. The van der Waals surface area contributed by atoms with Gasteiger partial charge in [0.05, 0.1) is 25.2 Å². The molecule has 0 aromatic heterocycles. The Morgan fingerprint density at radius 3 is 2.76 bits per heavy atom. The van der Waals surface area contributed by atoms with Gasteiger partial charge in [-0.15, -0.1) is 0 Å². The van der Waals surface area contributed by atoms with E-state index in [0.717, 1.165) is 0 Å². The fourth-order valence-electron chi connectivity index (χ4n) is 2.28. The fourth-order valence-corrected chi connectivity index (χ4v) is 2.28. The average molecular weight is 300 g/mol. The van der Waals surface area contributed by atoms with E-state index in [-0.39, 0.29) is 24.3 Å². The van der Waals surface area contributed by atoms with E-state index in [0.29, 0.717) is 12.2 Å². The smallest absolute Gasteiger partial charge is 0.387 e. The van der Waals surface area contributed by atoms with Crippen molar-refractivity contribution in [2.75, 3.05) is 13.2 Å². The Bertz CT molecular complexity index is 499. The van der Waals surface area contributed by atoms with Crippen LogP contribution in [0, 0.1) is 5.92 Å². The molecular weight excluding hydrogens is 282 g/mol. The minimum absolute atomic E-state index is 0.0484. The topological polar surface area (TPSA) is 73.6 Å². The monoisotopic (exact) mass is 300 g/mol. The third-order valence-electron chi connectivity index (χ3n) is 3.42. The Morgan fingerprint density at radius 1 is 1.43 bits per heavy atom. The van der Waals surface area contributed by atoms with Gasteiger partial charge in [0.2, 0.25) is 5.91 Å². The SMILES string of the molecule is CC(NC(=O)C1COCC1N)c1ccccc1OC(F)F. The molecule has 5 nitrogen and oxygen atoms in total. The molecule has 1 fully saturated rings. The van der Waals surface area contributed by atoms with Crippen LogP contribution in [0.1, 0.15) is 18.5 Å². The number of rotatable bonds is 5. The summed E-state index contributed by atoms with van der Waals surface area (Å²) < 4.78 is 34.4. The van der Waals surface area contributed by atoms with Crippen molar-refractivity contribution in [2.24, 2.45) is 11.7 Å². The summed E-state index contributed by atoms with van der Waals surface area (Å²) in [6, 6.07) is 5.55. The molecule has 3 atom stereocenters. The van der Waals surface area contributed by atoms with Crippen molar-refractivity contribution in [3.8, 4) is 5.75 Å². The van der Waals surface area contributed by atoms with Crippen molar-refractivity contribution >= 4 is 5.91 Å². The highest BCUT2D eigenvalue weighted by Gasteiger charge is 2.32. The second kappa shape index (κ2) is 6.82. The summed E-state index contributed by atoms with van der Waals surface area (Å²) in [6.45, 7) is -0.593. The lowest BCUT2D eigenvalue weighted by Crippen LogP contribution is -2.41. The Hall–Kier alpha value is -1.73. The van der Waals surface area contributed by atoms with Crippen LogP contribution < -0.4 is 15.8 Å². The number of hydrogen-bond donors (Lipinski definition) is 2. The van der Waals surface area contributed by atoms with Crippen molar-refractivity contribution in [3.63, 3.8) is 0 Å². The summed E-state index contributed by atoms with van der Waals surface area (Å²) in [5.41, 5.74) is 6.27. The number of para-hydroxylation sites is 1. The maximum absolute atomic E-state index is 12.4. The fraction of sp³-hybridized carbons (Fsp3) is 0.500. The van der Waals surface area contributed by atoms with Gasteiger partial charge in [0.15, 0.2) is 0 Å². The first-order chi connectivity index (χ1) is 9.99. The van der Waals surface area contributed by atoms with E-state index in [1.54, 1.807) is 25.1 Å². The lowest BCUT2D eigenvalue weighted by Gasteiger charge is -2.20. The molecule has 1 aromatic carbocycles. The molecule has 0 radical (unpaired) electrons. The van der Waals surface area contributed by atoms with Gasteiger partial charge in [0, 0.05) is 11.6 Å². The minimum atomic E-state index is -2.91. The van der Waals surface area contributed by atoms with Crippen LogP contribution in [0.5, 0.6) is 5.75 Å². The van der Waals surface area contributed by atoms with E-state index in [1.165, 1.54) is 6.07 Å². The van der Waals surface area contributed by atoms with Crippen LogP contribution in [-0.2, 0) is 9.53 Å². The summed E-state index contributed by atoms with van der Waals surface area (Å²) in [4.78, 5) is 12.1. The van der Waals surface area contributed by atoms with E-state index in [2.05, 4.69) is 10.1 Å². The minimum Gasteiger partial charge on any atom is -0.434 e. The number of halogens is 2. The molecule has 2 rings (SSSR count). The number of carbonyl (C=O) groups excluding carboxylic acids is 1. The number of amides is 1. The number of ether oxygens (including phenoxy) is 2. The van der Waals surface area contributed by atoms with Gasteiger partial charge in [-0.3, -0.25) is 4.79 Å². The molecule has 116 valence electrons. The summed E-state index contributed by atoms with van der Waals surface area (Å²) in [7, 11) is 0. The normalized spacial score (nSPS) is 23.1. The summed E-state index contributed by atoms with van der Waals surface area (Å²) in [5.74, 6) is -0.623. The van der Waals surface area contributed by atoms with Gasteiger partial charge in [-0.05, 0) is 13.0 Å². The van der Waals surface area contributed by atoms with Crippen molar-refractivity contribution in [3.05, 3.63) is 29.8 Å². The summed E-state index contributed by atoms with van der Waals surface area (Å²) >= 11 is 0. The van der Waals surface area contributed by atoms with E-state index in [1.807, 2.05) is 0 Å². The maximum atomic E-state index is 12.4. The second-order valence-corrected chi connectivity index (χ2v) is 4.95. The van der Waals surface area contributed by atoms with Gasteiger partial charge < -0.3 is 20.5 Å². The Balaban J connectivity index is 2.06. The number of carbonyl (C=O) groups is 1. The van der Waals surface area contributed by atoms with Crippen molar-refractivity contribution < 1.29 is 23.0 Å². The van der Waals surface area contributed by atoms with Crippen LogP contribution in [0.25, 0.3) is 0 Å². The number of nitrogens with one attached hydrogen (secondary N) is 1. The van der Waals surface area contributed by atoms with Crippen molar-refractivity contribution in [1.82, 2.24) is 5.32 Å². The number of alkyl halides is 2. The van der Waals surface area contributed by atoms with Crippen LogP contribution in [0.15, 0.2) is 24.3 Å². The molecule has 1 heterocycles. The van der Waals surface area contributed by atoms with E-state index in [9.17, 15) is 13.6 Å². The van der Waals surface area contributed by atoms with Crippen molar-refractivity contribution in [2.45, 2.75) is 25.6 Å². The molecule has 7 heteroatoms. The van der Waals surface area contributed by atoms with Gasteiger partial charge in [-0.1, -0.05) is 18.2 Å². The molecule has 1 amide bonds. The Labute approximate surface area is 121 Å². The second-order valence-electron chi connectivity index (χ2n) is 4.95. The number of hydrogen-bond acceptors (Lipinski definition) is 4. The molecular formula is C14H18F2N2O3. The van der Waals surface area contributed by atoms with E-state index in [4.69, 9.17) is 10.5 Å². The highest BCUT2D eigenvalue weighted by molar-refractivity contribution is 5.80. The third-order valence-corrected chi connectivity index (χ3v) is 3.42. The highest BCUT2D eigenvalue weighted by atomic mass is 19.3. The third kappa shape index (κ3) is 3.89. The van der Waals surface area contributed by atoms with Crippen LogP contribution in [0.2, 0.25) is 0 Å². The van der Waals surface area contributed by atoms with Crippen LogP contribution in [-0.4, -0.2) is 31.8 Å². The predicted octanol–water partition coefficient (Wildman–Crippen LogP) is 1.44. The van der Waals surface area contributed by atoms with Crippen molar-refractivity contribution in [1.29, 1.82) is 0 Å². The lowest BCUT2D eigenvalue weighted by atomic mass is 10.0. The molecule has 3 unspecified atom stereocenters. The molecule has 1 aromatic rings. The first-order valence-electron chi connectivity index (χ1n) is 6.66. The summed E-state index contributed by atoms with van der Waals surface area (Å²) in [5, 5.41) is 2.76. The zero-order chi connectivity index (χ0) is 15.4. The largest absolute Gasteiger partial charge is 0.434 e. The van der Waals surface area contributed by atoms with Gasteiger partial charge in [0.25, 0.3) is 0 Å². The first-order valence-corrected chi connectivity index (χ1v) is 6.66. The molecule has 1 aliphatic rings.